The molecule has 3 aromatic carbocycles. The maximum absolute atomic E-state index is 12.3. The lowest BCUT2D eigenvalue weighted by molar-refractivity contribution is 0.102. The second-order valence-electron chi connectivity index (χ2n) is 6.22. The van der Waals surface area contributed by atoms with Gasteiger partial charge in [0.2, 0.25) is 10.3 Å². The minimum Gasteiger partial charge on any atom is -0.356 e. The number of carbonyl (C=O) groups excluding carboxylic acids is 1. The largest absolute Gasteiger partial charge is 0.356 e. The van der Waals surface area contributed by atoms with E-state index in [1.54, 1.807) is 12.1 Å². The number of amides is 1. The summed E-state index contributed by atoms with van der Waals surface area (Å²) in [5.41, 5.74) is 2.90. The van der Waals surface area contributed by atoms with Gasteiger partial charge in [-0.3, -0.25) is 10.1 Å². The monoisotopic (exact) mass is 374 g/mol. The quantitative estimate of drug-likeness (QED) is 0.523. The van der Waals surface area contributed by atoms with Crippen molar-refractivity contribution in [1.82, 2.24) is 10.2 Å². The molecule has 5 nitrogen and oxygen atoms in total. The van der Waals surface area contributed by atoms with Crippen LogP contribution >= 0.6 is 11.3 Å². The third kappa shape index (κ3) is 3.96. The SMILES string of the molecule is Cc1ccc(C(=O)Nc2nnc(NCc3cccc4ccccc34)s2)cc1. The molecule has 1 amide bonds. The molecule has 0 spiro atoms. The predicted octanol–water partition coefficient (Wildman–Crippen LogP) is 4.86. The molecule has 0 atom stereocenters. The first kappa shape index (κ1) is 17.2. The zero-order chi connectivity index (χ0) is 18.6. The van der Waals surface area contributed by atoms with E-state index in [2.05, 4.69) is 45.1 Å². The number of hydrogen-bond acceptors (Lipinski definition) is 5. The number of hydrogen-bond donors (Lipinski definition) is 2. The molecular weight excluding hydrogens is 356 g/mol. The predicted molar refractivity (Wildman–Crippen MR) is 110 cm³/mol. The molecule has 0 aliphatic heterocycles. The Bertz CT molecular complexity index is 1080. The van der Waals surface area contributed by atoms with Crippen LogP contribution in [0.15, 0.2) is 66.7 Å². The lowest BCUT2D eigenvalue weighted by Gasteiger charge is -2.06. The summed E-state index contributed by atoms with van der Waals surface area (Å²) in [5, 5.41) is 17.8. The minimum absolute atomic E-state index is 0.188. The zero-order valence-corrected chi connectivity index (χ0v) is 15.6. The molecule has 6 heteroatoms. The van der Waals surface area contributed by atoms with Crippen molar-refractivity contribution in [2.75, 3.05) is 10.6 Å². The Kier molecular flexibility index (Phi) is 4.80. The minimum atomic E-state index is -0.188. The molecule has 0 unspecified atom stereocenters. The number of nitrogens with zero attached hydrogens (tertiary/aromatic N) is 2. The van der Waals surface area contributed by atoms with Crippen LogP contribution in [0.3, 0.4) is 0 Å². The number of aromatic nitrogens is 2. The van der Waals surface area contributed by atoms with E-state index >= 15 is 0 Å². The third-order valence-electron chi connectivity index (χ3n) is 4.27. The molecule has 0 radical (unpaired) electrons. The number of anilines is 2. The summed E-state index contributed by atoms with van der Waals surface area (Å²) in [6, 6.07) is 21.9. The van der Waals surface area contributed by atoms with E-state index < -0.39 is 0 Å². The molecule has 4 rings (SSSR count). The summed E-state index contributed by atoms with van der Waals surface area (Å²) in [6.07, 6.45) is 0. The highest BCUT2D eigenvalue weighted by Crippen LogP contribution is 2.23. The van der Waals surface area contributed by atoms with Crippen LogP contribution in [0.1, 0.15) is 21.5 Å². The second-order valence-corrected chi connectivity index (χ2v) is 7.20. The van der Waals surface area contributed by atoms with Crippen molar-refractivity contribution >= 4 is 38.3 Å². The summed E-state index contributed by atoms with van der Waals surface area (Å²) >= 11 is 1.32. The maximum Gasteiger partial charge on any atom is 0.257 e. The third-order valence-corrected chi connectivity index (χ3v) is 5.07. The topological polar surface area (TPSA) is 66.9 Å². The Labute approximate surface area is 161 Å². The highest BCUT2D eigenvalue weighted by atomic mass is 32.1. The van der Waals surface area contributed by atoms with Crippen molar-refractivity contribution in [2.45, 2.75) is 13.5 Å². The lowest BCUT2D eigenvalue weighted by Crippen LogP contribution is -2.11. The first-order valence-corrected chi connectivity index (χ1v) is 9.43. The fraction of sp³-hybridized carbons (Fsp3) is 0.0952. The molecule has 0 aliphatic carbocycles. The van der Waals surface area contributed by atoms with E-state index in [1.807, 2.05) is 37.3 Å². The van der Waals surface area contributed by atoms with Crippen LogP contribution in [-0.2, 0) is 6.54 Å². The first-order valence-electron chi connectivity index (χ1n) is 8.61. The molecule has 0 saturated carbocycles. The van der Waals surface area contributed by atoms with Crippen molar-refractivity contribution in [3.05, 3.63) is 83.4 Å². The van der Waals surface area contributed by atoms with E-state index in [4.69, 9.17) is 0 Å². The van der Waals surface area contributed by atoms with Crippen molar-refractivity contribution in [1.29, 1.82) is 0 Å². The number of carbonyl (C=O) groups is 1. The molecule has 1 aromatic heterocycles. The molecule has 0 aliphatic rings. The molecule has 4 aromatic rings. The van der Waals surface area contributed by atoms with Crippen LogP contribution in [0, 0.1) is 6.92 Å². The van der Waals surface area contributed by atoms with Gasteiger partial charge in [-0.2, -0.15) is 0 Å². The Morgan fingerprint density at radius 3 is 2.52 bits per heavy atom. The smallest absolute Gasteiger partial charge is 0.257 e. The molecular formula is C21H18N4OS. The Morgan fingerprint density at radius 1 is 0.926 bits per heavy atom. The molecule has 0 fully saturated rings. The molecule has 2 N–H and O–H groups in total. The van der Waals surface area contributed by atoms with E-state index in [1.165, 1.54) is 27.7 Å². The Balaban J connectivity index is 1.42. The number of benzene rings is 3. The van der Waals surface area contributed by atoms with Gasteiger partial charge in [0.05, 0.1) is 0 Å². The zero-order valence-electron chi connectivity index (χ0n) is 14.8. The first-order chi connectivity index (χ1) is 13.2. The van der Waals surface area contributed by atoms with Gasteiger partial charge in [0, 0.05) is 12.1 Å². The van der Waals surface area contributed by atoms with E-state index in [9.17, 15) is 4.79 Å². The van der Waals surface area contributed by atoms with Crippen LogP contribution in [0.5, 0.6) is 0 Å². The maximum atomic E-state index is 12.3. The van der Waals surface area contributed by atoms with Gasteiger partial charge < -0.3 is 5.32 Å². The van der Waals surface area contributed by atoms with Crippen LogP contribution in [0.2, 0.25) is 0 Å². The number of rotatable bonds is 5. The van der Waals surface area contributed by atoms with Crippen LogP contribution < -0.4 is 10.6 Å². The van der Waals surface area contributed by atoms with Gasteiger partial charge in [-0.05, 0) is 35.4 Å². The van der Waals surface area contributed by atoms with Crippen molar-refractivity contribution in [2.24, 2.45) is 0 Å². The normalized spacial score (nSPS) is 10.7. The van der Waals surface area contributed by atoms with E-state index in [0.29, 0.717) is 22.4 Å². The second kappa shape index (κ2) is 7.55. The summed E-state index contributed by atoms with van der Waals surface area (Å²) in [4.78, 5) is 12.3. The van der Waals surface area contributed by atoms with Gasteiger partial charge >= 0.3 is 0 Å². The highest BCUT2D eigenvalue weighted by molar-refractivity contribution is 7.19. The fourth-order valence-corrected chi connectivity index (χ4v) is 3.47. The van der Waals surface area contributed by atoms with Crippen molar-refractivity contribution in [3.8, 4) is 0 Å². The summed E-state index contributed by atoms with van der Waals surface area (Å²) in [7, 11) is 0. The van der Waals surface area contributed by atoms with E-state index in [0.717, 1.165) is 5.56 Å². The number of fused-ring (bicyclic) bond motifs is 1. The van der Waals surface area contributed by atoms with Gasteiger partial charge in [0.25, 0.3) is 5.91 Å². The number of nitrogens with one attached hydrogen (secondary N) is 2. The summed E-state index contributed by atoms with van der Waals surface area (Å²) in [6.45, 7) is 2.63. The molecule has 134 valence electrons. The van der Waals surface area contributed by atoms with Gasteiger partial charge in [-0.25, -0.2) is 0 Å². The van der Waals surface area contributed by atoms with Gasteiger partial charge in [-0.15, -0.1) is 10.2 Å². The number of aryl methyl sites for hydroxylation is 1. The van der Waals surface area contributed by atoms with Crippen LogP contribution in [0.4, 0.5) is 10.3 Å². The van der Waals surface area contributed by atoms with Crippen LogP contribution in [0.25, 0.3) is 10.8 Å². The van der Waals surface area contributed by atoms with Gasteiger partial charge in [-0.1, -0.05) is 71.5 Å². The molecule has 0 saturated heterocycles. The van der Waals surface area contributed by atoms with Gasteiger partial charge in [0.1, 0.15) is 0 Å². The lowest BCUT2D eigenvalue weighted by atomic mass is 10.0. The summed E-state index contributed by atoms with van der Waals surface area (Å²) in [5.74, 6) is -0.188. The van der Waals surface area contributed by atoms with E-state index in [-0.39, 0.29) is 5.91 Å². The van der Waals surface area contributed by atoms with Crippen molar-refractivity contribution in [3.63, 3.8) is 0 Å². The fourth-order valence-electron chi connectivity index (χ4n) is 2.84. The van der Waals surface area contributed by atoms with Crippen LogP contribution in [-0.4, -0.2) is 16.1 Å². The highest BCUT2D eigenvalue weighted by Gasteiger charge is 2.10. The van der Waals surface area contributed by atoms with Gasteiger partial charge in [0.15, 0.2) is 0 Å². The molecule has 0 bridgehead atoms. The average molecular weight is 374 g/mol. The molecule has 1 heterocycles. The van der Waals surface area contributed by atoms with Crippen molar-refractivity contribution < 1.29 is 4.79 Å². The molecule has 27 heavy (non-hydrogen) atoms. The summed E-state index contributed by atoms with van der Waals surface area (Å²) < 4.78 is 0. The Morgan fingerprint density at radius 2 is 1.67 bits per heavy atom. The standard InChI is InChI=1S/C21H18N4OS/c1-14-9-11-16(12-10-14)19(26)23-21-25-24-20(27-21)22-13-17-7-4-6-15-5-2-3-8-18(15)17/h2-12H,13H2,1H3,(H,22,24)(H,23,25,26). The Hall–Kier alpha value is -3.25. The average Bonchev–Trinajstić information content (AvgIpc) is 3.14.